The molecule has 0 saturated carbocycles. The molecule has 2 aromatic rings. The zero-order valence-corrected chi connectivity index (χ0v) is 22.5. The molecule has 0 fully saturated rings. The number of benzene rings is 2. The fourth-order valence-corrected chi connectivity index (χ4v) is 1.32. The molecule has 0 unspecified atom stereocenters. The zero-order valence-electron chi connectivity index (χ0n) is 18.0. The quantitative estimate of drug-likeness (QED) is 0.263. The van der Waals surface area contributed by atoms with Crippen molar-refractivity contribution in [1.82, 2.24) is 0 Å². The van der Waals surface area contributed by atoms with Crippen LogP contribution in [0.3, 0.4) is 0 Å². The van der Waals surface area contributed by atoms with Gasteiger partial charge in [0.15, 0.2) is 0 Å². The third-order valence-corrected chi connectivity index (χ3v) is 2.07. The fraction of sp³-hybridized carbons (Fsp3) is 0.167. The second kappa shape index (κ2) is 52.6. The summed E-state index contributed by atoms with van der Waals surface area (Å²) < 4.78 is 45.5. The van der Waals surface area contributed by atoms with Gasteiger partial charge in [-0.25, -0.2) is 0 Å². The summed E-state index contributed by atoms with van der Waals surface area (Å²) in [5.74, 6) is 0. The van der Waals surface area contributed by atoms with Crippen molar-refractivity contribution in [2.45, 2.75) is 24.2 Å². The largest absolute Gasteiger partial charge is 0.0622 e. The Morgan fingerprint density at radius 2 is 0.667 bits per heavy atom. The minimum atomic E-state index is 0. The first-order chi connectivity index (χ1) is 14.9. The second-order valence-corrected chi connectivity index (χ2v) is 8.76. The van der Waals surface area contributed by atoms with Crippen LogP contribution in [-0.2, 0) is 62.1 Å². The van der Waals surface area contributed by atoms with Crippen LogP contribution in [0.5, 0.6) is 0 Å². The van der Waals surface area contributed by atoms with Crippen molar-refractivity contribution in [2.24, 2.45) is 0 Å². The van der Waals surface area contributed by atoms with Gasteiger partial charge in [0.2, 0.25) is 0 Å². The van der Waals surface area contributed by atoms with Gasteiger partial charge in [0, 0.05) is 34.1 Å². The first-order valence-corrected chi connectivity index (χ1v) is 8.83. The van der Waals surface area contributed by atoms with Gasteiger partial charge in [-0.2, -0.15) is 0 Å². The summed E-state index contributed by atoms with van der Waals surface area (Å²) in [7, 11) is 0. The van der Waals surface area contributed by atoms with E-state index in [4.69, 9.17) is 27.9 Å². The van der Waals surface area contributed by atoms with Crippen LogP contribution in [0.1, 0.15) is 31.9 Å². The van der Waals surface area contributed by atoms with Crippen molar-refractivity contribution in [2.75, 3.05) is 0 Å². The van der Waals surface area contributed by atoms with E-state index in [-0.39, 0.29) is 34.1 Å². The van der Waals surface area contributed by atoms with Crippen LogP contribution in [0.2, 0.25) is 3.46 Å². The van der Waals surface area contributed by atoms with Crippen molar-refractivity contribution >= 4 is 22.3 Å². The minimum absolute atomic E-state index is 0. The Hall–Kier alpha value is -1.29. The van der Waals surface area contributed by atoms with Crippen LogP contribution in [0, 0.1) is 52.7 Å². The molecule has 6 nitrogen and oxygen atoms in total. The second-order valence-electron chi connectivity index (χ2n) is 5.27. The van der Waals surface area contributed by atoms with E-state index in [1.54, 1.807) is 0 Å². The Balaban J connectivity index is -0.0000000469. The Kier molecular flexibility index (Phi) is 84.7. The molecule has 0 N–H and O–H groups in total. The molecule has 9 heteroatoms. The van der Waals surface area contributed by atoms with Crippen LogP contribution in [0.4, 0.5) is 0 Å². The average Bonchev–Trinajstić information content (AvgIpc) is 2.86. The molecule has 0 aliphatic heterocycles. The van der Waals surface area contributed by atoms with Crippen LogP contribution in [0.25, 0.3) is 0 Å². The zero-order chi connectivity index (χ0) is 26.1. The summed E-state index contributed by atoms with van der Waals surface area (Å²) >= 11 is 2.12. The number of rotatable bonds is 3. The van der Waals surface area contributed by atoms with E-state index in [1.165, 1.54) is 11.1 Å². The molecule has 33 heavy (non-hydrogen) atoms. The maximum absolute atomic E-state index is 7.50. The molecule has 0 aliphatic carbocycles. The molecule has 2 rings (SSSR count). The first-order valence-electron chi connectivity index (χ1n) is 7.66. The van der Waals surface area contributed by atoms with E-state index in [1.807, 2.05) is 36.4 Å². The summed E-state index contributed by atoms with van der Waals surface area (Å²) in [4.78, 5) is 0. The predicted octanol–water partition coefficient (Wildman–Crippen LogP) is 4.63. The normalized spacial score (nSPS) is 6.42. The van der Waals surface area contributed by atoms with Crippen molar-refractivity contribution in [3.63, 3.8) is 0 Å². The Bertz CT molecular complexity index is 612. The Labute approximate surface area is 231 Å². The van der Waals surface area contributed by atoms with Gasteiger partial charge >= 0.3 is 114 Å². The van der Waals surface area contributed by atoms with E-state index in [2.05, 4.69) is 120 Å². The molecule has 0 bridgehead atoms. The molecule has 0 aromatic heterocycles. The van der Waals surface area contributed by atoms with Gasteiger partial charge in [-0.15, -0.1) is 0 Å². The SMILES string of the molecule is CC(C)(C)[Te].[C-]#[O+].[C-]#[O+].[C-]#[O+].[C-]#[O+].[C-]#[O+].[C-]#[O+].[CH]([CH]c1ccccc1)c1ccccc1.[Fe].[Fe]. The molecular weight excluding hydrogens is 624 g/mol. The molecule has 0 aliphatic rings. The van der Waals surface area contributed by atoms with E-state index >= 15 is 0 Å². The topological polar surface area (TPSA) is 119 Å². The molecule has 0 amide bonds. The number of hydrogen-bond acceptors (Lipinski definition) is 0. The molecule has 0 spiro atoms. The first kappa shape index (κ1) is 53.2. The van der Waals surface area contributed by atoms with Crippen LogP contribution in [-0.4, -0.2) is 22.3 Å². The van der Waals surface area contributed by atoms with Crippen LogP contribution in [0.15, 0.2) is 60.7 Å². The molecule has 0 atom stereocenters. The van der Waals surface area contributed by atoms with Crippen molar-refractivity contribution in [3.8, 4) is 0 Å². The van der Waals surface area contributed by atoms with E-state index in [9.17, 15) is 0 Å². The van der Waals surface area contributed by atoms with E-state index in [0.717, 1.165) is 0 Å². The van der Waals surface area contributed by atoms with Crippen LogP contribution >= 0.6 is 0 Å². The molecule has 2 aromatic carbocycles. The summed E-state index contributed by atoms with van der Waals surface area (Å²) in [5, 5.41) is 0. The Morgan fingerprint density at radius 3 is 0.818 bits per heavy atom. The smallest absolute Gasteiger partial charge is 0 e. The van der Waals surface area contributed by atoms with Crippen molar-refractivity contribution < 1.29 is 62.1 Å². The van der Waals surface area contributed by atoms with Crippen molar-refractivity contribution in [3.05, 3.63) is 125 Å². The summed E-state index contributed by atoms with van der Waals surface area (Å²) in [6, 6.07) is 20.6. The van der Waals surface area contributed by atoms with Gasteiger partial charge in [0.05, 0.1) is 0 Å². The number of hydrogen-bond donors (Lipinski definition) is 0. The summed E-state index contributed by atoms with van der Waals surface area (Å²) in [6.45, 7) is 33.6. The molecule has 0 heterocycles. The van der Waals surface area contributed by atoms with Gasteiger partial charge in [0.1, 0.15) is 0 Å². The van der Waals surface area contributed by atoms with Gasteiger partial charge in [0.25, 0.3) is 0 Å². The summed E-state index contributed by atoms with van der Waals surface area (Å²) in [6.07, 6.45) is 4.24. The van der Waals surface area contributed by atoms with E-state index in [0.29, 0.717) is 3.46 Å². The summed E-state index contributed by atoms with van der Waals surface area (Å²) in [5.41, 5.74) is 2.47. The van der Waals surface area contributed by atoms with Gasteiger partial charge in [-0.3, -0.25) is 0 Å². The molecule has 3 radical (unpaired) electrons. The monoisotopic (exact) mass is 647 g/mol. The fourth-order valence-electron chi connectivity index (χ4n) is 1.32. The third-order valence-electron chi connectivity index (χ3n) is 2.07. The average molecular weight is 645 g/mol. The van der Waals surface area contributed by atoms with Gasteiger partial charge < -0.3 is 0 Å². The molecule has 175 valence electrons. The molecular formula is C24H21Fe2O6Te. The predicted molar refractivity (Wildman–Crippen MR) is 109 cm³/mol. The minimum Gasteiger partial charge on any atom is -0.0622 e. The molecule has 0 saturated heterocycles. The van der Waals surface area contributed by atoms with E-state index < -0.39 is 0 Å². The third kappa shape index (κ3) is 65.2. The van der Waals surface area contributed by atoms with Crippen LogP contribution < -0.4 is 0 Å². The van der Waals surface area contributed by atoms with Crippen molar-refractivity contribution in [1.29, 1.82) is 0 Å². The maximum Gasteiger partial charge on any atom is 0 e. The van der Waals surface area contributed by atoms with Gasteiger partial charge in [-0.05, 0) is 24.0 Å². The standard InChI is InChI=1S/C14H12.C4H9Te.6CO.2Fe/c1-3-7-13(8-4-1)11-12-14-9-5-2-6-10-14;1-4(2,3)5;6*1-2;;/h1-12H;1-3H3;;;;;;;;. The van der Waals surface area contributed by atoms with Gasteiger partial charge in [-0.1, -0.05) is 60.7 Å². The Morgan fingerprint density at radius 1 is 0.515 bits per heavy atom. The maximum atomic E-state index is 7.50.